The van der Waals surface area contributed by atoms with E-state index in [9.17, 15) is 38.4 Å². The molecular formula is C38H72N14O8. The largest absolute Gasteiger partial charge is 0.370 e. The van der Waals surface area contributed by atoms with Gasteiger partial charge in [-0.05, 0) is 25.7 Å². The third-order valence-corrected chi connectivity index (χ3v) is 9.18. The predicted octanol–water partition coefficient (Wildman–Crippen LogP) is -3.20. The molecule has 0 aliphatic rings. The summed E-state index contributed by atoms with van der Waals surface area (Å²) in [5.74, 6) is -3.62. The average Bonchev–Trinajstić information content (AvgIpc) is 3.14. The van der Waals surface area contributed by atoms with Gasteiger partial charge < -0.3 is 63.8 Å². The number of carbonyl (C=O) groups is 8. The quantitative estimate of drug-likeness (QED) is 0.0201. The molecule has 0 bridgehead atoms. The molecule has 0 heterocycles. The third-order valence-electron chi connectivity index (χ3n) is 9.18. The van der Waals surface area contributed by atoms with Crippen LogP contribution in [0, 0.1) is 5.92 Å². The maximum Gasteiger partial charge on any atom is 0.242 e. The molecule has 12 N–H and O–H groups in total. The van der Waals surface area contributed by atoms with Gasteiger partial charge in [-0.3, -0.25) is 48.3 Å². The van der Waals surface area contributed by atoms with E-state index in [1.54, 1.807) is 13.8 Å². The van der Waals surface area contributed by atoms with E-state index in [2.05, 4.69) is 31.3 Å². The molecule has 22 heteroatoms. The van der Waals surface area contributed by atoms with E-state index in [1.165, 1.54) is 47.3 Å². The lowest BCUT2D eigenvalue weighted by Gasteiger charge is -2.31. The van der Waals surface area contributed by atoms with Crippen molar-refractivity contribution < 1.29 is 38.4 Å². The standard InChI is InChI=1S/C38H72N14O8/c1-25(2)33(57)23-49(27(5)53)19-15-45-36(60)32(12-10-14-48-38(41)42)52(30(8)56)22-18-44-34(58)24-50(28(6)54)20-16-46-35(59)31(11-9-13-47-37(39)40)51(29(7)55)21-17-43-26(3)4/h25-26,31-32,43H,9-24H2,1-8H3,(H,44,58)(H,45,60)(H,46,59)(H4,39,40,47)(H4,41,42,48). The molecule has 0 aliphatic carbocycles. The third kappa shape index (κ3) is 23.8. The number of amides is 7. The van der Waals surface area contributed by atoms with E-state index in [4.69, 9.17) is 22.9 Å². The van der Waals surface area contributed by atoms with Crippen LogP contribution in [0.1, 0.15) is 81.1 Å². The highest BCUT2D eigenvalue weighted by Gasteiger charge is 2.29. The number of carbonyl (C=O) groups excluding carboxylic acids is 8. The maximum absolute atomic E-state index is 13.5. The molecule has 0 radical (unpaired) electrons. The second-order valence-corrected chi connectivity index (χ2v) is 14.9. The fraction of sp³-hybridized carbons (Fsp3) is 0.737. The number of nitrogens with two attached hydrogens (primary N) is 4. The molecule has 0 aromatic rings. The molecule has 0 aliphatic heterocycles. The van der Waals surface area contributed by atoms with Gasteiger partial charge in [0.2, 0.25) is 41.4 Å². The molecule has 22 nitrogen and oxygen atoms in total. The maximum atomic E-state index is 13.5. The van der Waals surface area contributed by atoms with Gasteiger partial charge in [-0.25, -0.2) is 0 Å². The number of hydrogen-bond acceptors (Lipinski definition) is 11. The van der Waals surface area contributed by atoms with Crippen molar-refractivity contribution in [1.82, 2.24) is 40.9 Å². The first-order chi connectivity index (χ1) is 28.1. The average molecular weight is 853 g/mol. The highest BCUT2D eigenvalue weighted by atomic mass is 16.2. The summed E-state index contributed by atoms with van der Waals surface area (Å²) in [7, 11) is 0. The lowest BCUT2D eigenvalue weighted by atomic mass is 10.1. The van der Waals surface area contributed by atoms with Crippen molar-refractivity contribution in [1.29, 1.82) is 0 Å². The second kappa shape index (κ2) is 29.6. The first-order valence-electron chi connectivity index (χ1n) is 20.3. The number of rotatable bonds is 30. The number of nitrogens with one attached hydrogen (secondary N) is 4. The van der Waals surface area contributed by atoms with Crippen molar-refractivity contribution in [3.8, 4) is 0 Å². The number of guanidine groups is 2. The SMILES string of the molecule is CC(=O)N(CCNC(=O)C(CCCN=C(N)N)N(CCNC(C)C)C(C)=O)CC(=O)NCCN(C(C)=O)C(CCCN=C(N)N)C(=O)NCCN(CC(=O)C(C)C)C(C)=O. The molecular weight excluding hydrogens is 781 g/mol. The van der Waals surface area contributed by atoms with Gasteiger partial charge >= 0.3 is 0 Å². The van der Waals surface area contributed by atoms with Crippen LogP contribution in [-0.2, 0) is 38.4 Å². The molecule has 0 spiro atoms. The summed E-state index contributed by atoms with van der Waals surface area (Å²) in [6.45, 7) is 13.3. The molecule has 0 saturated carbocycles. The molecule has 0 saturated heterocycles. The summed E-state index contributed by atoms with van der Waals surface area (Å²) >= 11 is 0. The normalized spacial score (nSPS) is 11.8. The first-order valence-corrected chi connectivity index (χ1v) is 20.3. The van der Waals surface area contributed by atoms with Crippen LogP contribution in [0.4, 0.5) is 0 Å². The molecule has 0 rings (SSSR count). The zero-order chi connectivity index (χ0) is 45.9. The first kappa shape index (κ1) is 54.5. The highest BCUT2D eigenvalue weighted by Crippen LogP contribution is 2.11. The number of aliphatic imine (C=N–C) groups is 2. The molecule has 2 atom stereocenters. The van der Waals surface area contributed by atoms with Gasteiger partial charge in [-0.1, -0.05) is 27.7 Å². The Hall–Kier alpha value is -5.54. The summed E-state index contributed by atoms with van der Waals surface area (Å²) in [6.07, 6.45) is 1.19. The van der Waals surface area contributed by atoms with Gasteiger partial charge in [-0.2, -0.15) is 0 Å². The molecule has 0 aromatic heterocycles. The van der Waals surface area contributed by atoms with E-state index in [0.717, 1.165) is 0 Å². The van der Waals surface area contributed by atoms with E-state index >= 15 is 0 Å². The van der Waals surface area contributed by atoms with E-state index in [-0.39, 0.29) is 126 Å². The minimum Gasteiger partial charge on any atom is -0.370 e. The van der Waals surface area contributed by atoms with Gasteiger partial charge in [0, 0.05) is 105 Å². The Morgan fingerprint density at radius 2 is 0.933 bits per heavy atom. The lowest BCUT2D eigenvalue weighted by Crippen LogP contribution is -2.53. The van der Waals surface area contributed by atoms with Crippen molar-refractivity contribution in [2.75, 3.05) is 78.5 Å². The van der Waals surface area contributed by atoms with Crippen molar-refractivity contribution in [3.63, 3.8) is 0 Å². The van der Waals surface area contributed by atoms with E-state index in [0.29, 0.717) is 19.4 Å². The van der Waals surface area contributed by atoms with Gasteiger partial charge in [0.15, 0.2) is 17.7 Å². The lowest BCUT2D eigenvalue weighted by molar-refractivity contribution is -0.139. The Morgan fingerprint density at radius 3 is 1.30 bits per heavy atom. The molecule has 60 heavy (non-hydrogen) atoms. The Morgan fingerprint density at radius 1 is 0.533 bits per heavy atom. The molecule has 0 aromatic carbocycles. The zero-order valence-electron chi connectivity index (χ0n) is 36.9. The predicted molar refractivity (Wildman–Crippen MR) is 229 cm³/mol. The summed E-state index contributed by atoms with van der Waals surface area (Å²) in [5.41, 5.74) is 21.7. The van der Waals surface area contributed by atoms with Gasteiger partial charge in [-0.15, -0.1) is 0 Å². The van der Waals surface area contributed by atoms with Crippen LogP contribution in [0.25, 0.3) is 0 Å². The minimum absolute atomic E-state index is 0.0148. The van der Waals surface area contributed by atoms with Gasteiger partial charge in [0.05, 0.1) is 13.1 Å². The van der Waals surface area contributed by atoms with Gasteiger partial charge in [0.25, 0.3) is 0 Å². The molecule has 2 unspecified atom stereocenters. The summed E-state index contributed by atoms with van der Waals surface area (Å²) in [6, 6.07) is -1.66. The summed E-state index contributed by atoms with van der Waals surface area (Å²) < 4.78 is 0. The van der Waals surface area contributed by atoms with Crippen molar-refractivity contribution in [2.24, 2.45) is 38.8 Å². The fourth-order valence-corrected chi connectivity index (χ4v) is 5.86. The smallest absolute Gasteiger partial charge is 0.242 e. The highest BCUT2D eigenvalue weighted by molar-refractivity contribution is 5.89. The van der Waals surface area contributed by atoms with Gasteiger partial charge in [0.1, 0.15) is 12.1 Å². The van der Waals surface area contributed by atoms with Crippen LogP contribution in [0.5, 0.6) is 0 Å². The monoisotopic (exact) mass is 853 g/mol. The van der Waals surface area contributed by atoms with Crippen LogP contribution < -0.4 is 44.2 Å². The Kier molecular flexibility index (Phi) is 26.9. The van der Waals surface area contributed by atoms with Crippen LogP contribution in [0.15, 0.2) is 9.98 Å². The number of Topliss-reactive ketones (excluding diaryl/α,β-unsaturated/α-hetero) is 1. The zero-order valence-corrected chi connectivity index (χ0v) is 36.9. The van der Waals surface area contributed by atoms with Crippen LogP contribution in [0.3, 0.4) is 0 Å². The molecule has 0 fully saturated rings. The fourth-order valence-electron chi connectivity index (χ4n) is 5.86. The van der Waals surface area contributed by atoms with Crippen molar-refractivity contribution in [3.05, 3.63) is 0 Å². The number of hydrogen-bond donors (Lipinski definition) is 8. The van der Waals surface area contributed by atoms with Crippen molar-refractivity contribution in [2.45, 2.75) is 99.2 Å². The Labute approximate surface area is 354 Å². The van der Waals surface area contributed by atoms with E-state index < -0.39 is 41.6 Å². The van der Waals surface area contributed by atoms with E-state index in [1.807, 2.05) is 13.8 Å². The summed E-state index contributed by atoms with van der Waals surface area (Å²) in [4.78, 5) is 116. The number of nitrogens with zero attached hydrogens (tertiary/aromatic N) is 6. The number of ketones is 1. The Balaban J connectivity index is 5.65. The topological polar surface area (TPSA) is 326 Å². The second-order valence-electron chi connectivity index (χ2n) is 14.9. The van der Waals surface area contributed by atoms with Crippen LogP contribution in [0.2, 0.25) is 0 Å². The Bertz CT molecular complexity index is 1480. The molecule has 342 valence electrons. The van der Waals surface area contributed by atoms with Crippen LogP contribution in [-0.4, -0.2) is 175 Å². The minimum atomic E-state index is -0.991. The van der Waals surface area contributed by atoms with Crippen LogP contribution >= 0.6 is 0 Å². The molecule has 7 amide bonds. The van der Waals surface area contributed by atoms with Crippen molar-refractivity contribution >= 4 is 59.1 Å². The summed E-state index contributed by atoms with van der Waals surface area (Å²) in [5, 5.41) is 11.4.